The normalized spacial score (nSPS) is 19.2. The van der Waals surface area contributed by atoms with Crippen LogP contribution in [-0.4, -0.2) is 27.8 Å². The number of piperazine rings is 1. The van der Waals surface area contributed by atoms with E-state index in [9.17, 15) is 9.59 Å². The fourth-order valence-electron chi connectivity index (χ4n) is 2.87. The second-order valence-corrected chi connectivity index (χ2v) is 6.84. The molecule has 2 heterocycles. The van der Waals surface area contributed by atoms with Gasteiger partial charge in [0, 0.05) is 17.5 Å². The monoisotopic (exact) mass is 350 g/mol. The zero-order valence-electron chi connectivity index (χ0n) is 14.9. The fourth-order valence-corrected chi connectivity index (χ4v) is 2.87. The Bertz CT molecular complexity index is 865. The van der Waals surface area contributed by atoms with Gasteiger partial charge in [0.2, 0.25) is 5.91 Å². The smallest absolute Gasteiger partial charge is 0.268 e. The number of aromatic nitrogens is 2. The number of hydrogen-bond acceptors (Lipinski definition) is 3. The largest absolute Gasteiger partial charge is 0.348 e. The van der Waals surface area contributed by atoms with E-state index >= 15 is 0 Å². The Labute approximate surface area is 152 Å². The summed E-state index contributed by atoms with van der Waals surface area (Å²) in [6, 6.07) is 8.72. The molecule has 6 nitrogen and oxygen atoms in total. The van der Waals surface area contributed by atoms with E-state index in [0.29, 0.717) is 6.42 Å². The van der Waals surface area contributed by atoms with Crippen molar-refractivity contribution < 1.29 is 9.59 Å². The van der Waals surface area contributed by atoms with Gasteiger partial charge in [0.1, 0.15) is 11.7 Å². The molecular formula is C20H22N4O2. The molecule has 0 aliphatic carbocycles. The highest BCUT2D eigenvalue weighted by atomic mass is 16.2. The van der Waals surface area contributed by atoms with E-state index < -0.39 is 6.04 Å². The van der Waals surface area contributed by atoms with Crippen molar-refractivity contribution in [2.45, 2.75) is 31.7 Å². The summed E-state index contributed by atoms with van der Waals surface area (Å²) < 4.78 is 0. The molecule has 3 N–H and O–H groups in total. The topological polar surface area (TPSA) is 86.9 Å². The van der Waals surface area contributed by atoms with Crippen molar-refractivity contribution >= 4 is 17.9 Å². The van der Waals surface area contributed by atoms with Crippen LogP contribution in [0.2, 0.25) is 0 Å². The van der Waals surface area contributed by atoms with Crippen LogP contribution in [0, 0.1) is 0 Å². The number of H-pyrrole nitrogens is 1. The minimum Gasteiger partial charge on any atom is -0.348 e. The number of aromatic amines is 1. The van der Waals surface area contributed by atoms with Crippen molar-refractivity contribution in [1.29, 1.82) is 0 Å². The molecule has 3 rings (SSSR count). The van der Waals surface area contributed by atoms with Crippen LogP contribution in [0.1, 0.15) is 30.8 Å². The van der Waals surface area contributed by atoms with Gasteiger partial charge in [0.25, 0.3) is 5.91 Å². The van der Waals surface area contributed by atoms with Crippen LogP contribution in [0.5, 0.6) is 0 Å². The van der Waals surface area contributed by atoms with Crippen molar-refractivity contribution in [3.63, 3.8) is 0 Å². The second kappa shape index (κ2) is 7.00. The number of benzene rings is 1. The molecule has 1 aromatic heterocycles. The molecule has 134 valence electrons. The highest BCUT2D eigenvalue weighted by Gasteiger charge is 2.32. The zero-order chi connectivity index (χ0) is 18.7. The Morgan fingerprint density at radius 1 is 1.23 bits per heavy atom. The standard InChI is InChI=1S/C20H22N4O2/c1-4-20(2,3)17-14(21-12-22-17)11-16-19(26)23-15(18(25)24-16)10-13-8-6-5-7-9-13/h4-10,12,16H,1,11H2,2-3H3,(H,21,22)(H,23,26)(H,24,25). The molecule has 1 atom stereocenters. The summed E-state index contributed by atoms with van der Waals surface area (Å²) in [6.07, 6.45) is 5.40. The second-order valence-electron chi connectivity index (χ2n) is 6.84. The third kappa shape index (κ3) is 3.59. The molecule has 0 bridgehead atoms. The summed E-state index contributed by atoms with van der Waals surface area (Å²) in [6.45, 7) is 7.84. The molecule has 1 fully saturated rings. The molecule has 1 aliphatic heterocycles. The van der Waals surface area contributed by atoms with Crippen molar-refractivity contribution in [3.05, 3.63) is 72.0 Å². The highest BCUT2D eigenvalue weighted by molar-refractivity contribution is 6.07. The lowest BCUT2D eigenvalue weighted by Crippen LogP contribution is -2.55. The number of allylic oxidation sites excluding steroid dienone is 1. The summed E-state index contributed by atoms with van der Waals surface area (Å²) in [5.41, 5.74) is 2.39. The van der Waals surface area contributed by atoms with Gasteiger partial charge in [-0.3, -0.25) is 9.59 Å². The summed E-state index contributed by atoms with van der Waals surface area (Å²) in [5, 5.41) is 5.48. The molecule has 26 heavy (non-hydrogen) atoms. The van der Waals surface area contributed by atoms with Crippen LogP contribution < -0.4 is 10.6 Å². The average Bonchev–Trinajstić information content (AvgIpc) is 3.09. The van der Waals surface area contributed by atoms with Crippen molar-refractivity contribution in [2.75, 3.05) is 0 Å². The minimum atomic E-state index is -0.657. The van der Waals surface area contributed by atoms with E-state index in [0.717, 1.165) is 17.0 Å². The number of imidazole rings is 1. The third-order valence-corrected chi connectivity index (χ3v) is 4.48. The van der Waals surface area contributed by atoms with E-state index in [1.165, 1.54) is 0 Å². The molecule has 2 amide bonds. The Hall–Kier alpha value is -3.15. The SMILES string of the molecule is C=CC(C)(C)c1nc[nH]c1CC1NC(=O)C(=Cc2ccccc2)NC1=O. The quantitative estimate of drug-likeness (QED) is 0.570. The fraction of sp³-hybridized carbons (Fsp3) is 0.250. The molecule has 6 heteroatoms. The van der Waals surface area contributed by atoms with E-state index in [4.69, 9.17) is 0 Å². The van der Waals surface area contributed by atoms with Gasteiger partial charge < -0.3 is 15.6 Å². The summed E-state index contributed by atoms with van der Waals surface area (Å²) in [7, 11) is 0. The first-order valence-electron chi connectivity index (χ1n) is 8.45. The summed E-state index contributed by atoms with van der Waals surface area (Å²) in [4.78, 5) is 32.3. The van der Waals surface area contributed by atoms with E-state index in [2.05, 4.69) is 27.2 Å². The van der Waals surface area contributed by atoms with Gasteiger partial charge in [-0.25, -0.2) is 4.98 Å². The highest BCUT2D eigenvalue weighted by Crippen LogP contribution is 2.25. The lowest BCUT2D eigenvalue weighted by atomic mass is 9.87. The van der Waals surface area contributed by atoms with Crippen LogP contribution in [0.4, 0.5) is 0 Å². The molecule has 2 aromatic rings. The Morgan fingerprint density at radius 3 is 2.65 bits per heavy atom. The Balaban J connectivity index is 1.77. The van der Waals surface area contributed by atoms with Gasteiger partial charge >= 0.3 is 0 Å². The summed E-state index contributed by atoms with van der Waals surface area (Å²) >= 11 is 0. The first kappa shape index (κ1) is 17.7. The maximum Gasteiger partial charge on any atom is 0.268 e. The Kier molecular flexibility index (Phi) is 4.75. The Morgan fingerprint density at radius 2 is 1.96 bits per heavy atom. The lowest BCUT2D eigenvalue weighted by Gasteiger charge is -2.26. The van der Waals surface area contributed by atoms with Crippen LogP contribution in [-0.2, 0) is 21.4 Å². The third-order valence-electron chi connectivity index (χ3n) is 4.48. The number of carbonyl (C=O) groups excluding carboxylic acids is 2. The van der Waals surface area contributed by atoms with Crippen molar-refractivity contribution in [2.24, 2.45) is 0 Å². The molecule has 1 aromatic carbocycles. The molecule has 1 unspecified atom stereocenters. The van der Waals surface area contributed by atoms with Crippen LogP contribution in [0.25, 0.3) is 6.08 Å². The number of rotatable bonds is 5. The minimum absolute atomic E-state index is 0.244. The van der Waals surface area contributed by atoms with Gasteiger partial charge in [-0.15, -0.1) is 6.58 Å². The van der Waals surface area contributed by atoms with Crippen LogP contribution in [0.15, 0.2) is 55.0 Å². The summed E-state index contributed by atoms with van der Waals surface area (Å²) in [5.74, 6) is -0.550. The van der Waals surface area contributed by atoms with Crippen molar-refractivity contribution in [1.82, 2.24) is 20.6 Å². The van der Waals surface area contributed by atoms with Gasteiger partial charge in [0.15, 0.2) is 0 Å². The average molecular weight is 350 g/mol. The zero-order valence-corrected chi connectivity index (χ0v) is 14.9. The predicted molar refractivity (Wildman–Crippen MR) is 100 cm³/mol. The molecule has 0 saturated carbocycles. The number of hydrogen-bond donors (Lipinski definition) is 3. The lowest BCUT2D eigenvalue weighted by molar-refractivity contribution is -0.131. The predicted octanol–water partition coefficient (Wildman–Crippen LogP) is 2.07. The van der Waals surface area contributed by atoms with Gasteiger partial charge in [0.05, 0.1) is 12.0 Å². The van der Waals surface area contributed by atoms with E-state index in [-0.39, 0.29) is 22.9 Å². The molecule has 0 spiro atoms. The van der Waals surface area contributed by atoms with Gasteiger partial charge in [-0.2, -0.15) is 0 Å². The maximum absolute atomic E-state index is 12.5. The molecule has 1 saturated heterocycles. The first-order chi connectivity index (χ1) is 12.4. The molecular weight excluding hydrogens is 328 g/mol. The van der Waals surface area contributed by atoms with Gasteiger partial charge in [-0.1, -0.05) is 50.3 Å². The number of nitrogens with one attached hydrogen (secondary N) is 3. The number of nitrogens with zero attached hydrogens (tertiary/aromatic N) is 1. The first-order valence-corrected chi connectivity index (χ1v) is 8.45. The molecule has 0 radical (unpaired) electrons. The van der Waals surface area contributed by atoms with Crippen LogP contribution in [0.3, 0.4) is 0 Å². The van der Waals surface area contributed by atoms with E-state index in [1.807, 2.05) is 50.3 Å². The maximum atomic E-state index is 12.5. The van der Waals surface area contributed by atoms with Crippen molar-refractivity contribution in [3.8, 4) is 0 Å². The van der Waals surface area contributed by atoms with Crippen LogP contribution >= 0.6 is 0 Å². The van der Waals surface area contributed by atoms with E-state index in [1.54, 1.807) is 12.4 Å². The molecule has 1 aliphatic rings. The number of amides is 2. The van der Waals surface area contributed by atoms with Gasteiger partial charge in [-0.05, 0) is 11.6 Å². The number of carbonyl (C=O) groups is 2.